The first-order chi connectivity index (χ1) is 6.40. The molecular weight excluding hydrogens is 198 g/mol. The fourth-order valence-corrected chi connectivity index (χ4v) is 1.22. The lowest BCUT2D eigenvalue weighted by molar-refractivity contribution is 0.630. The summed E-state index contributed by atoms with van der Waals surface area (Å²) in [5.74, 6) is 0.626. The number of nitrogens with zero attached hydrogens (tertiary/aromatic N) is 2. The maximum atomic E-state index is 8.72. The van der Waals surface area contributed by atoms with Crippen LogP contribution in [0.3, 0.4) is 0 Å². The highest BCUT2D eigenvalue weighted by molar-refractivity contribution is 6.29. The van der Waals surface area contributed by atoms with Crippen LogP contribution in [0.2, 0.25) is 5.15 Å². The van der Waals surface area contributed by atoms with Crippen molar-refractivity contribution < 1.29 is 0 Å². The average Bonchev–Trinajstić information content (AvgIpc) is 1.99. The highest BCUT2D eigenvalue weighted by Crippen LogP contribution is 2.17. The van der Waals surface area contributed by atoms with Gasteiger partial charge < -0.3 is 5.32 Å². The van der Waals surface area contributed by atoms with Gasteiger partial charge in [-0.3, -0.25) is 0 Å². The van der Waals surface area contributed by atoms with Gasteiger partial charge in [0.25, 0.3) is 0 Å². The largest absolute Gasteiger partial charge is 0.365 e. The van der Waals surface area contributed by atoms with E-state index >= 15 is 0 Å². The molecule has 1 aromatic heterocycles. The Morgan fingerprint density at radius 2 is 2.07 bits per heavy atom. The van der Waals surface area contributed by atoms with Gasteiger partial charge in [-0.1, -0.05) is 11.6 Å². The van der Waals surface area contributed by atoms with Gasteiger partial charge in [0, 0.05) is 5.54 Å². The monoisotopic (exact) mass is 209 g/mol. The van der Waals surface area contributed by atoms with Crippen LogP contribution in [0.15, 0.2) is 12.1 Å². The second-order valence-electron chi connectivity index (χ2n) is 4.05. The number of nitriles is 1. The Labute approximate surface area is 88.7 Å². The fourth-order valence-electron chi connectivity index (χ4n) is 1.01. The van der Waals surface area contributed by atoms with Crippen molar-refractivity contribution in [2.75, 3.05) is 5.32 Å². The zero-order chi connectivity index (χ0) is 10.8. The van der Waals surface area contributed by atoms with Crippen molar-refractivity contribution in [2.45, 2.75) is 26.3 Å². The zero-order valence-electron chi connectivity index (χ0n) is 8.43. The van der Waals surface area contributed by atoms with Gasteiger partial charge in [0.05, 0.1) is 11.6 Å². The smallest absolute Gasteiger partial charge is 0.132 e. The summed E-state index contributed by atoms with van der Waals surface area (Å²) in [4.78, 5) is 4.07. The molecule has 14 heavy (non-hydrogen) atoms. The van der Waals surface area contributed by atoms with E-state index in [1.54, 1.807) is 6.07 Å². The third kappa shape index (κ3) is 3.23. The summed E-state index contributed by atoms with van der Waals surface area (Å²) in [6.45, 7) is 6.05. The molecule has 0 spiro atoms. The molecule has 1 aromatic rings. The van der Waals surface area contributed by atoms with Crippen LogP contribution in [0.5, 0.6) is 0 Å². The van der Waals surface area contributed by atoms with Crippen LogP contribution in [0.1, 0.15) is 26.3 Å². The van der Waals surface area contributed by atoms with Crippen molar-refractivity contribution >= 4 is 17.4 Å². The van der Waals surface area contributed by atoms with Crippen molar-refractivity contribution in [1.82, 2.24) is 4.98 Å². The van der Waals surface area contributed by atoms with Gasteiger partial charge in [0.2, 0.25) is 0 Å². The molecule has 0 radical (unpaired) electrons. The third-order valence-electron chi connectivity index (χ3n) is 1.43. The van der Waals surface area contributed by atoms with Crippen LogP contribution >= 0.6 is 11.6 Å². The molecule has 1 rings (SSSR count). The second-order valence-corrected chi connectivity index (χ2v) is 4.44. The van der Waals surface area contributed by atoms with Crippen molar-refractivity contribution in [3.63, 3.8) is 0 Å². The molecule has 74 valence electrons. The molecule has 3 nitrogen and oxygen atoms in total. The molecule has 0 aliphatic carbocycles. The maximum Gasteiger partial charge on any atom is 0.132 e. The van der Waals surface area contributed by atoms with Crippen molar-refractivity contribution in [2.24, 2.45) is 0 Å². The standard InChI is InChI=1S/C10H12ClN3/c1-10(2,3)14-9-5-7(6-12)4-8(11)13-9/h4-5H,1-3H3,(H,13,14). The molecule has 0 saturated heterocycles. The average molecular weight is 210 g/mol. The maximum absolute atomic E-state index is 8.72. The minimum Gasteiger partial charge on any atom is -0.365 e. The van der Waals surface area contributed by atoms with E-state index in [-0.39, 0.29) is 5.54 Å². The lowest BCUT2D eigenvalue weighted by atomic mass is 10.1. The molecule has 1 heterocycles. The number of nitrogens with one attached hydrogen (secondary N) is 1. The van der Waals surface area contributed by atoms with E-state index in [1.165, 1.54) is 6.07 Å². The fraction of sp³-hybridized carbons (Fsp3) is 0.400. The minimum atomic E-state index is -0.0928. The van der Waals surface area contributed by atoms with E-state index < -0.39 is 0 Å². The summed E-state index contributed by atoms with van der Waals surface area (Å²) >= 11 is 5.76. The number of hydrogen-bond donors (Lipinski definition) is 1. The topological polar surface area (TPSA) is 48.7 Å². The van der Waals surface area contributed by atoms with Crippen molar-refractivity contribution in [1.29, 1.82) is 5.26 Å². The first-order valence-electron chi connectivity index (χ1n) is 4.26. The van der Waals surface area contributed by atoms with Crippen molar-refractivity contribution in [3.8, 4) is 6.07 Å². The number of halogens is 1. The summed E-state index contributed by atoms with van der Waals surface area (Å²) in [6.07, 6.45) is 0. The Morgan fingerprint density at radius 1 is 1.43 bits per heavy atom. The van der Waals surface area contributed by atoms with Crippen molar-refractivity contribution in [3.05, 3.63) is 22.8 Å². The number of hydrogen-bond acceptors (Lipinski definition) is 3. The van der Waals surface area contributed by atoms with Gasteiger partial charge in [-0.15, -0.1) is 0 Å². The summed E-state index contributed by atoms with van der Waals surface area (Å²) in [6, 6.07) is 5.24. The van der Waals surface area contributed by atoms with Crippen LogP contribution in [0.4, 0.5) is 5.82 Å². The second kappa shape index (κ2) is 3.85. The lowest BCUT2D eigenvalue weighted by Gasteiger charge is -2.21. The number of rotatable bonds is 1. The number of aromatic nitrogens is 1. The normalized spacial score (nSPS) is 10.8. The van der Waals surface area contributed by atoms with E-state index in [2.05, 4.69) is 10.3 Å². The highest BCUT2D eigenvalue weighted by atomic mass is 35.5. The molecule has 0 amide bonds. The van der Waals surface area contributed by atoms with Crippen LogP contribution < -0.4 is 5.32 Å². The van der Waals surface area contributed by atoms with Gasteiger partial charge in [-0.25, -0.2) is 4.98 Å². The molecule has 1 N–H and O–H groups in total. The third-order valence-corrected chi connectivity index (χ3v) is 1.62. The predicted molar refractivity (Wildman–Crippen MR) is 57.3 cm³/mol. The summed E-state index contributed by atoms with van der Waals surface area (Å²) in [5, 5.41) is 12.2. The number of pyridine rings is 1. The van der Waals surface area contributed by atoms with Gasteiger partial charge in [0.1, 0.15) is 11.0 Å². The molecule has 0 unspecified atom stereocenters. The molecule has 0 aromatic carbocycles. The predicted octanol–water partition coefficient (Wildman–Crippen LogP) is 2.82. The molecule has 0 fully saturated rings. The SMILES string of the molecule is CC(C)(C)Nc1cc(C#N)cc(Cl)n1. The van der Waals surface area contributed by atoms with Gasteiger partial charge >= 0.3 is 0 Å². The van der Waals surface area contributed by atoms with Gasteiger partial charge in [-0.05, 0) is 32.9 Å². The Hall–Kier alpha value is -1.27. The first-order valence-corrected chi connectivity index (χ1v) is 4.64. The molecular formula is C10H12ClN3. The molecule has 0 saturated carbocycles. The first kappa shape index (κ1) is 10.8. The van der Waals surface area contributed by atoms with Gasteiger partial charge in [0.15, 0.2) is 0 Å². The van der Waals surface area contributed by atoms with E-state index in [1.807, 2.05) is 26.8 Å². The Morgan fingerprint density at radius 3 is 2.57 bits per heavy atom. The van der Waals surface area contributed by atoms with Crippen LogP contribution in [-0.2, 0) is 0 Å². The van der Waals surface area contributed by atoms with Crippen LogP contribution in [0, 0.1) is 11.3 Å². The highest BCUT2D eigenvalue weighted by Gasteiger charge is 2.11. The van der Waals surface area contributed by atoms with E-state index in [0.717, 1.165) is 0 Å². The van der Waals surface area contributed by atoms with Gasteiger partial charge in [-0.2, -0.15) is 5.26 Å². The zero-order valence-corrected chi connectivity index (χ0v) is 9.18. The Balaban J connectivity index is 3.00. The van der Waals surface area contributed by atoms with Crippen LogP contribution in [0.25, 0.3) is 0 Å². The molecule has 0 bridgehead atoms. The molecule has 0 aliphatic heterocycles. The van der Waals surface area contributed by atoms with E-state index in [4.69, 9.17) is 16.9 Å². The number of anilines is 1. The summed E-state index contributed by atoms with van der Waals surface area (Å²) in [5.41, 5.74) is 0.418. The van der Waals surface area contributed by atoms with E-state index in [0.29, 0.717) is 16.5 Å². The van der Waals surface area contributed by atoms with Crippen LogP contribution in [-0.4, -0.2) is 10.5 Å². The summed E-state index contributed by atoms with van der Waals surface area (Å²) in [7, 11) is 0. The Bertz CT molecular complexity index is 374. The summed E-state index contributed by atoms with van der Waals surface area (Å²) < 4.78 is 0. The minimum absolute atomic E-state index is 0.0928. The molecule has 0 atom stereocenters. The Kier molecular flexibility index (Phi) is 2.97. The molecule has 4 heteroatoms. The lowest BCUT2D eigenvalue weighted by Crippen LogP contribution is -2.26. The molecule has 0 aliphatic rings. The quantitative estimate of drug-likeness (QED) is 0.724. The van der Waals surface area contributed by atoms with E-state index in [9.17, 15) is 0 Å².